The highest BCUT2D eigenvalue weighted by Gasteiger charge is 2.16. The van der Waals surface area contributed by atoms with Gasteiger partial charge in [-0.3, -0.25) is 19.8 Å². The lowest BCUT2D eigenvalue weighted by Crippen LogP contribution is -2.24. The standard InChI is InChI=1S/C29H23FN6O/c1-18(37)34-26-7-3-2-6-23(26)25-11-10-21(16-33-25)36-27-12-9-20(30)15-28(27)35(29(36)31)17-19-5-4-8-24-22(19)13-14-32-24/h2-16,31-32H,17H2,1H3,(H,34,37). The van der Waals surface area contributed by atoms with Gasteiger partial charge in [-0.25, -0.2) is 4.39 Å². The van der Waals surface area contributed by atoms with Crippen LogP contribution >= 0.6 is 0 Å². The Bertz CT molecular complexity index is 1840. The van der Waals surface area contributed by atoms with Crippen LogP contribution in [-0.4, -0.2) is 25.0 Å². The van der Waals surface area contributed by atoms with E-state index in [2.05, 4.69) is 15.3 Å². The molecule has 3 aromatic heterocycles. The molecule has 0 atom stereocenters. The first-order chi connectivity index (χ1) is 18.0. The van der Waals surface area contributed by atoms with Crippen molar-refractivity contribution in [3.05, 3.63) is 108 Å². The molecule has 0 fully saturated rings. The highest BCUT2D eigenvalue weighted by molar-refractivity contribution is 5.93. The molecule has 0 spiro atoms. The van der Waals surface area contributed by atoms with E-state index in [1.165, 1.54) is 19.1 Å². The predicted octanol–water partition coefficient (Wildman–Crippen LogP) is 5.60. The average molecular weight is 491 g/mol. The van der Waals surface area contributed by atoms with Crippen LogP contribution in [0, 0.1) is 11.2 Å². The maximum Gasteiger partial charge on any atom is 0.221 e. The molecule has 37 heavy (non-hydrogen) atoms. The van der Waals surface area contributed by atoms with Gasteiger partial charge in [-0.2, -0.15) is 0 Å². The number of nitrogens with one attached hydrogen (secondary N) is 3. The topological polar surface area (TPSA) is 91.5 Å². The summed E-state index contributed by atoms with van der Waals surface area (Å²) in [6, 6.07) is 23.8. The second-order valence-corrected chi connectivity index (χ2v) is 8.86. The van der Waals surface area contributed by atoms with Gasteiger partial charge in [-0.05, 0) is 54.1 Å². The lowest BCUT2D eigenvalue weighted by molar-refractivity contribution is -0.114. The van der Waals surface area contributed by atoms with Gasteiger partial charge in [-0.1, -0.05) is 30.3 Å². The van der Waals surface area contributed by atoms with E-state index in [-0.39, 0.29) is 17.3 Å². The van der Waals surface area contributed by atoms with Crippen LogP contribution in [0.1, 0.15) is 12.5 Å². The molecular weight excluding hydrogens is 467 g/mol. The summed E-state index contributed by atoms with van der Waals surface area (Å²) >= 11 is 0. The number of hydrogen-bond acceptors (Lipinski definition) is 3. The smallest absolute Gasteiger partial charge is 0.221 e. The molecule has 3 aromatic carbocycles. The largest absolute Gasteiger partial charge is 0.361 e. The molecule has 6 aromatic rings. The molecule has 7 nitrogen and oxygen atoms in total. The number of anilines is 1. The zero-order valence-electron chi connectivity index (χ0n) is 20.0. The van der Waals surface area contributed by atoms with Crippen molar-refractivity contribution in [3.8, 4) is 16.9 Å². The number of halogens is 1. The summed E-state index contributed by atoms with van der Waals surface area (Å²) in [5.74, 6) is -0.518. The van der Waals surface area contributed by atoms with Crippen LogP contribution in [0.2, 0.25) is 0 Å². The third-order valence-electron chi connectivity index (χ3n) is 6.47. The fraction of sp³-hybridized carbons (Fsp3) is 0.0690. The predicted molar refractivity (Wildman–Crippen MR) is 142 cm³/mol. The van der Waals surface area contributed by atoms with Crippen LogP contribution in [0.4, 0.5) is 10.1 Å². The summed E-state index contributed by atoms with van der Waals surface area (Å²) in [6.45, 7) is 1.88. The summed E-state index contributed by atoms with van der Waals surface area (Å²) in [7, 11) is 0. The molecule has 0 aliphatic heterocycles. The van der Waals surface area contributed by atoms with Crippen LogP contribution in [-0.2, 0) is 11.3 Å². The van der Waals surface area contributed by atoms with Crippen molar-refractivity contribution in [2.75, 3.05) is 5.32 Å². The van der Waals surface area contributed by atoms with Crippen LogP contribution in [0.3, 0.4) is 0 Å². The summed E-state index contributed by atoms with van der Waals surface area (Å²) in [4.78, 5) is 19.5. The molecule has 8 heteroatoms. The van der Waals surface area contributed by atoms with E-state index in [0.29, 0.717) is 34.6 Å². The molecule has 0 bridgehead atoms. The van der Waals surface area contributed by atoms with Gasteiger partial charge in [0, 0.05) is 29.6 Å². The van der Waals surface area contributed by atoms with Crippen molar-refractivity contribution in [2.45, 2.75) is 13.5 Å². The third-order valence-corrected chi connectivity index (χ3v) is 6.47. The first-order valence-electron chi connectivity index (χ1n) is 11.8. The first-order valence-corrected chi connectivity index (χ1v) is 11.8. The van der Waals surface area contributed by atoms with Gasteiger partial charge in [-0.15, -0.1) is 0 Å². The normalized spacial score (nSPS) is 11.3. The maximum absolute atomic E-state index is 14.3. The van der Waals surface area contributed by atoms with Gasteiger partial charge in [0.1, 0.15) is 5.82 Å². The van der Waals surface area contributed by atoms with E-state index in [1.54, 1.807) is 21.4 Å². The Balaban J connectivity index is 1.46. The molecule has 182 valence electrons. The highest BCUT2D eigenvalue weighted by atomic mass is 19.1. The second kappa shape index (κ2) is 8.91. The first kappa shape index (κ1) is 22.5. The molecule has 0 unspecified atom stereocenters. The van der Waals surface area contributed by atoms with E-state index in [9.17, 15) is 9.18 Å². The number of pyridine rings is 1. The molecule has 0 saturated heterocycles. The van der Waals surface area contributed by atoms with Crippen LogP contribution in [0.25, 0.3) is 38.9 Å². The van der Waals surface area contributed by atoms with Crippen LogP contribution in [0.15, 0.2) is 91.3 Å². The quantitative estimate of drug-likeness (QED) is 0.294. The number of nitrogens with zero attached hydrogens (tertiary/aromatic N) is 3. The number of para-hydroxylation sites is 1. The summed E-state index contributed by atoms with van der Waals surface area (Å²) in [6.07, 6.45) is 3.58. The summed E-state index contributed by atoms with van der Waals surface area (Å²) < 4.78 is 17.9. The second-order valence-electron chi connectivity index (χ2n) is 8.86. The minimum Gasteiger partial charge on any atom is -0.361 e. The Labute approximate surface area is 211 Å². The van der Waals surface area contributed by atoms with Crippen LogP contribution < -0.4 is 10.9 Å². The van der Waals surface area contributed by atoms with Gasteiger partial charge in [0.15, 0.2) is 0 Å². The lowest BCUT2D eigenvalue weighted by Gasteiger charge is -2.10. The van der Waals surface area contributed by atoms with Gasteiger partial charge < -0.3 is 14.9 Å². The molecule has 3 N–H and O–H groups in total. The van der Waals surface area contributed by atoms with E-state index in [1.807, 2.05) is 66.9 Å². The minimum absolute atomic E-state index is 0.158. The summed E-state index contributed by atoms with van der Waals surface area (Å²) in [5, 5.41) is 13.0. The highest BCUT2D eigenvalue weighted by Crippen LogP contribution is 2.28. The zero-order chi connectivity index (χ0) is 25.5. The van der Waals surface area contributed by atoms with Crippen LogP contribution in [0.5, 0.6) is 0 Å². The number of benzene rings is 3. The van der Waals surface area contributed by atoms with Crippen molar-refractivity contribution in [1.82, 2.24) is 19.1 Å². The number of amides is 1. The molecule has 0 saturated carbocycles. The number of rotatable bonds is 5. The fourth-order valence-corrected chi connectivity index (χ4v) is 4.81. The van der Waals surface area contributed by atoms with Crippen molar-refractivity contribution in [1.29, 1.82) is 5.41 Å². The van der Waals surface area contributed by atoms with Gasteiger partial charge in [0.05, 0.1) is 40.8 Å². The molecule has 0 aliphatic carbocycles. The lowest BCUT2D eigenvalue weighted by atomic mass is 10.1. The number of fused-ring (bicyclic) bond motifs is 2. The number of carbonyl (C=O) groups is 1. The Morgan fingerprint density at radius 2 is 1.89 bits per heavy atom. The van der Waals surface area contributed by atoms with Gasteiger partial charge in [0.25, 0.3) is 0 Å². The fourth-order valence-electron chi connectivity index (χ4n) is 4.81. The van der Waals surface area contributed by atoms with Crippen molar-refractivity contribution in [3.63, 3.8) is 0 Å². The average Bonchev–Trinajstić information content (AvgIpc) is 3.48. The number of aromatic amines is 1. The minimum atomic E-state index is -0.360. The van der Waals surface area contributed by atoms with Crippen molar-refractivity contribution in [2.24, 2.45) is 0 Å². The Kier molecular flexibility index (Phi) is 5.41. The third kappa shape index (κ3) is 3.98. The van der Waals surface area contributed by atoms with Gasteiger partial charge >= 0.3 is 0 Å². The number of imidazole rings is 1. The number of aromatic nitrogens is 4. The molecule has 6 rings (SSSR count). The zero-order valence-corrected chi connectivity index (χ0v) is 20.0. The molecular formula is C29H23FN6O. The Hall–Kier alpha value is -4.98. The van der Waals surface area contributed by atoms with E-state index in [4.69, 9.17) is 5.41 Å². The van der Waals surface area contributed by atoms with Crippen molar-refractivity contribution < 1.29 is 9.18 Å². The molecule has 3 heterocycles. The monoisotopic (exact) mass is 490 g/mol. The molecule has 0 aliphatic rings. The Morgan fingerprint density at radius 3 is 2.70 bits per heavy atom. The Morgan fingerprint density at radius 1 is 1.03 bits per heavy atom. The van der Waals surface area contributed by atoms with Gasteiger partial charge in [0.2, 0.25) is 11.5 Å². The number of hydrogen-bond donors (Lipinski definition) is 3. The maximum atomic E-state index is 14.3. The summed E-state index contributed by atoms with van der Waals surface area (Å²) in [5.41, 5.74) is 6.43. The number of H-pyrrole nitrogens is 1. The molecule has 0 radical (unpaired) electrons. The van der Waals surface area contributed by atoms with E-state index < -0.39 is 0 Å². The van der Waals surface area contributed by atoms with E-state index in [0.717, 1.165) is 22.0 Å². The SMILES string of the molecule is CC(=O)Nc1ccccc1-c1ccc(-n2c(=N)n(Cc3cccc4[nH]ccc34)c3cc(F)ccc32)cn1. The van der Waals surface area contributed by atoms with E-state index >= 15 is 0 Å². The number of carbonyl (C=O) groups excluding carboxylic acids is 1. The molecule has 1 amide bonds. The van der Waals surface area contributed by atoms with Crippen molar-refractivity contribution >= 4 is 33.5 Å².